The first-order valence-corrected chi connectivity index (χ1v) is 34.0. The number of imide groups is 2. The Labute approximate surface area is 556 Å². The average molecular weight is 1290 g/mol. The topological polar surface area (TPSA) is 202 Å². The number of carbonyl (C=O) groups excluding carboxylic acids is 6. The molecule has 6 heterocycles. The molecule has 492 valence electrons. The van der Waals surface area contributed by atoms with Crippen molar-refractivity contribution < 1.29 is 66.7 Å². The summed E-state index contributed by atoms with van der Waals surface area (Å²) in [5.41, 5.74) is 4.18. The number of hydrogen-bond donors (Lipinski definition) is 0. The van der Waals surface area contributed by atoms with Crippen LogP contribution < -0.4 is 18.9 Å². The summed E-state index contributed by atoms with van der Waals surface area (Å²) < 4.78 is 51.9. The maximum absolute atomic E-state index is 16.4. The molecule has 9 aromatic carbocycles. The third-order valence-corrected chi connectivity index (χ3v) is 19.3. The number of amides is 6. The van der Waals surface area contributed by atoms with E-state index in [1.165, 1.54) is 0 Å². The van der Waals surface area contributed by atoms with Crippen LogP contribution in [0.3, 0.4) is 0 Å². The summed E-state index contributed by atoms with van der Waals surface area (Å²) in [5.74, 6) is -1.34. The number of ether oxygens (including phenoxy) is 8. The molecule has 4 saturated heterocycles. The summed E-state index contributed by atoms with van der Waals surface area (Å²) in [6, 6.07) is 34.7. The zero-order valence-corrected chi connectivity index (χ0v) is 54.8. The van der Waals surface area contributed by atoms with Crippen LogP contribution in [0.4, 0.5) is 0 Å². The second-order valence-electron chi connectivity index (χ2n) is 26.0. The van der Waals surface area contributed by atoms with Gasteiger partial charge in [0.2, 0.25) is 11.8 Å². The van der Waals surface area contributed by atoms with Gasteiger partial charge < -0.3 is 47.7 Å². The molecule has 0 bridgehead atoms. The lowest BCUT2D eigenvalue weighted by atomic mass is 9.80. The quantitative estimate of drug-likeness (QED) is 0.0194. The predicted molar refractivity (Wildman–Crippen MR) is 362 cm³/mol. The van der Waals surface area contributed by atoms with E-state index in [9.17, 15) is 0 Å². The van der Waals surface area contributed by atoms with Crippen LogP contribution in [-0.4, -0.2) is 144 Å². The molecule has 0 saturated carbocycles. The molecule has 96 heavy (non-hydrogen) atoms. The van der Waals surface area contributed by atoms with E-state index in [1.54, 1.807) is 34.1 Å². The van der Waals surface area contributed by atoms with Gasteiger partial charge in [-0.1, -0.05) is 103 Å². The summed E-state index contributed by atoms with van der Waals surface area (Å²) in [5, 5.41) is 2.63. The van der Waals surface area contributed by atoms with Gasteiger partial charge in [0.25, 0.3) is 23.6 Å². The number of fused-ring (bicyclic) bond motifs is 2. The van der Waals surface area contributed by atoms with E-state index >= 15 is 28.8 Å². The highest BCUT2D eigenvalue weighted by Crippen LogP contribution is 2.58. The fraction of sp³-hybridized carbons (Fsp3) is 0.359. The van der Waals surface area contributed by atoms with Crippen LogP contribution in [0.1, 0.15) is 131 Å². The van der Waals surface area contributed by atoms with Gasteiger partial charge in [-0.05, 0) is 134 Å². The first-order chi connectivity index (χ1) is 46.8. The number of rotatable bonds is 28. The van der Waals surface area contributed by atoms with Crippen LogP contribution in [0, 0.1) is 0 Å². The number of benzene rings is 9. The molecule has 6 amide bonds. The summed E-state index contributed by atoms with van der Waals surface area (Å²) in [6.07, 6.45) is 3.14. The van der Waals surface area contributed by atoms with Gasteiger partial charge in [-0.25, -0.2) is 0 Å². The van der Waals surface area contributed by atoms with Gasteiger partial charge in [0.15, 0.2) is 0 Å². The molecule has 18 heteroatoms. The van der Waals surface area contributed by atoms with Gasteiger partial charge >= 0.3 is 0 Å². The van der Waals surface area contributed by atoms with E-state index in [-0.39, 0.29) is 119 Å². The van der Waals surface area contributed by atoms with Crippen LogP contribution in [0.5, 0.6) is 46.0 Å². The molecule has 15 rings (SSSR count). The summed E-state index contributed by atoms with van der Waals surface area (Å²) >= 11 is 0. The largest absolute Gasteiger partial charge is 0.457 e. The fourth-order valence-electron chi connectivity index (χ4n) is 14.1. The molecule has 4 fully saturated rings. The van der Waals surface area contributed by atoms with Crippen molar-refractivity contribution in [3.63, 3.8) is 0 Å². The zero-order valence-electron chi connectivity index (χ0n) is 54.8. The Hall–Kier alpha value is -9.46. The van der Waals surface area contributed by atoms with Gasteiger partial charge in [0, 0.05) is 69.3 Å². The molecule has 9 aromatic rings. The van der Waals surface area contributed by atoms with Gasteiger partial charge in [0.05, 0.1) is 73.1 Å². The van der Waals surface area contributed by atoms with Crippen LogP contribution in [0.15, 0.2) is 121 Å². The molecular weight excluding hydrogens is 1220 g/mol. The van der Waals surface area contributed by atoms with Crippen molar-refractivity contribution >= 4 is 78.5 Å². The molecule has 6 unspecified atom stereocenters. The molecule has 0 radical (unpaired) electrons. The van der Waals surface area contributed by atoms with Crippen molar-refractivity contribution in [2.24, 2.45) is 0 Å². The second kappa shape index (κ2) is 25.6. The Kier molecular flexibility index (Phi) is 16.7. The summed E-state index contributed by atoms with van der Waals surface area (Å²) in [7, 11) is 0. The normalized spacial score (nSPS) is 18.9. The van der Waals surface area contributed by atoms with E-state index in [4.69, 9.17) is 37.9 Å². The highest BCUT2D eigenvalue weighted by molar-refractivity contribution is 6.45. The van der Waals surface area contributed by atoms with E-state index in [0.29, 0.717) is 120 Å². The molecule has 6 aliphatic heterocycles. The molecule has 0 aromatic heterocycles. The first-order valence-electron chi connectivity index (χ1n) is 34.0. The van der Waals surface area contributed by atoms with Crippen molar-refractivity contribution in [2.45, 2.75) is 129 Å². The Balaban J connectivity index is 1.08. The van der Waals surface area contributed by atoms with Crippen molar-refractivity contribution in [1.29, 1.82) is 0 Å². The molecule has 0 N–H and O–H groups in total. The zero-order chi connectivity index (χ0) is 66.2. The van der Waals surface area contributed by atoms with Crippen molar-refractivity contribution in [3.8, 4) is 46.0 Å². The molecular formula is C78H76N4O14. The lowest BCUT2D eigenvalue weighted by Gasteiger charge is -2.37. The minimum Gasteiger partial charge on any atom is -0.457 e. The standard InChI is InChI=1S/C78H76N4O14/c1-7-17-59(77(87)79(35-51-39-89-51)36-52-40-90-52)81-73(83)55-31-61(93-47-23-13-19-43(9-3)27-47)67-69-63(95-49-25-15-21-45(11-5)29-49)33-57-66-58(76(86)82(75(57)85)60(18-8-2)78(88)80(37-53-41-91-53)38-54-42-92-54)34-64(96-50-26-16-22-46(12-6)30-50)70(72(66)69)68-62(32-56(74(81)84)65(55)71(67)68)94-48-24-14-20-44(10-4)28-48/h13-16,19-34,51-54,59-60H,7-12,17-18,35-42H2,1-6H3. The number of nitrogens with zero attached hydrogens (tertiary/aromatic N) is 4. The summed E-state index contributed by atoms with van der Waals surface area (Å²) in [6.45, 7) is 15.0. The Morgan fingerprint density at radius 1 is 0.385 bits per heavy atom. The molecule has 0 aliphatic carbocycles. The molecule has 6 atom stereocenters. The van der Waals surface area contributed by atoms with Crippen LogP contribution >= 0.6 is 0 Å². The molecule has 18 nitrogen and oxygen atoms in total. The number of carbonyl (C=O) groups is 6. The molecule has 6 aliphatic rings. The van der Waals surface area contributed by atoms with Crippen molar-refractivity contribution in [3.05, 3.63) is 166 Å². The lowest BCUT2D eigenvalue weighted by Crippen LogP contribution is -2.55. The van der Waals surface area contributed by atoms with Crippen molar-refractivity contribution in [2.75, 3.05) is 52.6 Å². The van der Waals surface area contributed by atoms with Crippen molar-refractivity contribution in [1.82, 2.24) is 19.6 Å². The Morgan fingerprint density at radius 3 is 0.854 bits per heavy atom. The number of hydrogen-bond acceptors (Lipinski definition) is 14. The maximum Gasteiger partial charge on any atom is 0.262 e. The minimum absolute atomic E-state index is 0.0794. The second-order valence-corrected chi connectivity index (χ2v) is 26.0. The van der Waals surface area contributed by atoms with Crippen LogP contribution in [-0.2, 0) is 54.2 Å². The maximum atomic E-state index is 16.4. The van der Waals surface area contributed by atoms with E-state index in [2.05, 4.69) is 0 Å². The van der Waals surface area contributed by atoms with Crippen LogP contribution in [0.2, 0.25) is 0 Å². The lowest BCUT2D eigenvalue weighted by molar-refractivity contribution is -0.136. The fourth-order valence-corrected chi connectivity index (χ4v) is 14.1. The average Bonchev–Trinajstić information content (AvgIpc) is 1.27. The van der Waals surface area contributed by atoms with E-state index < -0.39 is 47.5 Å². The highest BCUT2D eigenvalue weighted by Gasteiger charge is 2.49. The monoisotopic (exact) mass is 1290 g/mol. The third-order valence-electron chi connectivity index (χ3n) is 19.3. The SMILES string of the molecule is CCCC(C(=O)N(CC1CO1)CC1CO1)N1C(=O)c2cc(Oc3cccc(CC)c3)c3c4c(Oc5cccc(CC)c5)cc5c6c(cc(Oc7cccc(CC)c7)c(c7c(Oc8cccc(CC)c8)cc(c2c37)C1=O)c64)C(=O)N(C(CCC)C(=O)N(CC1CO1)CC1CO1)C5=O. The van der Waals surface area contributed by atoms with Crippen LogP contribution in [0.25, 0.3) is 43.1 Å². The van der Waals surface area contributed by atoms with E-state index in [0.717, 1.165) is 32.1 Å². The number of epoxide rings is 4. The van der Waals surface area contributed by atoms with Gasteiger partial charge in [-0.15, -0.1) is 0 Å². The van der Waals surface area contributed by atoms with Gasteiger partial charge in [0.1, 0.15) is 58.1 Å². The number of aryl methyl sites for hydroxylation is 4. The summed E-state index contributed by atoms with van der Waals surface area (Å²) in [4.78, 5) is 102. The smallest absolute Gasteiger partial charge is 0.262 e. The highest BCUT2D eigenvalue weighted by atomic mass is 16.6. The Morgan fingerprint density at radius 2 is 0.635 bits per heavy atom. The Bertz CT molecular complexity index is 4100. The minimum atomic E-state index is -1.24. The van der Waals surface area contributed by atoms with Gasteiger partial charge in [-0.3, -0.25) is 38.6 Å². The van der Waals surface area contributed by atoms with Gasteiger partial charge in [-0.2, -0.15) is 0 Å². The molecule has 0 spiro atoms. The third kappa shape index (κ3) is 11.7. The first kappa shape index (κ1) is 62.6. The van der Waals surface area contributed by atoms with E-state index in [1.807, 2.05) is 139 Å². The predicted octanol–water partition coefficient (Wildman–Crippen LogP) is 13.9.